The molecule has 1 saturated heterocycles. The van der Waals surface area contributed by atoms with E-state index in [9.17, 15) is 13.2 Å². The zero-order chi connectivity index (χ0) is 21.7. The van der Waals surface area contributed by atoms with Crippen LogP contribution < -0.4 is 5.32 Å². The second kappa shape index (κ2) is 9.43. The van der Waals surface area contributed by atoms with Crippen LogP contribution in [0.15, 0.2) is 89.8 Å². The van der Waals surface area contributed by atoms with Crippen LogP contribution in [0.25, 0.3) is 0 Å². The summed E-state index contributed by atoms with van der Waals surface area (Å²) in [6.07, 6.45) is 0. The summed E-state index contributed by atoms with van der Waals surface area (Å²) in [5.74, 6) is -0.146. The number of piperazine rings is 1. The number of hydrogen-bond donors (Lipinski definition) is 1. The summed E-state index contributed by atoms with van der Waals surface area (Å²) in [6.45, 7) is 2.86. The SMILES string of the molecule is O=C(Nc1ccccc1)c1cccc(CN2CCN(S(=O)(=O)c3ccccc3)CC2)c1. The lowest BCUT2D eigenvalue weighted by Crippen LogP contribution is -2.48. The molecule has 7 heteroatoms. The van der Waals surface area contributed by atoms with Crippen molar-refractivity contribution in [3.05, 3.63) is 96.1 Å². The van der Waals surface area contributed by atoms with Crippen molar-refractivity contribution < 1.29 is 13.2 Å². The predicted octanol–water partition coefficient (Wildman–Crippen LogP) is 3.45. The molecular formula is C24H25N3O3S. The second-order valence-corrected chi connectivity index (χ2v) is 9.45. The summed E-state index contributed by atoms with van der Waals surface area (Å²) in [6, 6.07) is 25.5. The van der Waals surface area contributed by atoms with Gasteiger partial charge in [0.2, 0.25) is 10.0 Å². The maximum atomic E-state index is 12.8. The highest BCUT2D eigenvalue weighted by Crippen LogP contribution is 2.19. The van der Waals surface area contributed by atoms with E-state index in [1.807, 2.05) is 54.6 Å². The Hall–Kier alpha value is -3.00. The van der Waals surface area contributed by atoms with E-state index in [4.69, 9.17) is 0 Å². The number of carbonyl (C=O) groups excluding carboxylic acids is 1. The molecule has 1 amide bonds. The second-order valence-electron chi connectivity index (χ2n) is 7.51. The summed E-state index contributed by atoms with van der Waals surface area (Å²) in [5, 5.41) is 2.90. The molecule has 0 radical (unpaired) electrons. The van der Waals surface area contributed by atoms with E-state index in [2.05, 4.69) is 10.2 Å². The fraction of sp³-hybridized carbons (Fsp3) is 0.208. The average Bonchev–Trinajstić information content (AvgIpc) is 2.81. The number of carbonyl (C=O) groups is 1. The van der Waals surface area contributed by atoms with Crippen LogP contribution in [0.4, 0.5) is 5.69 Å². The summed E-state index contributed by atoms with van der Waals surface area (Å²) in [7, 11) is -3.45. The monoisotopic (exact) mass is 435 g/mol. The molecule has 160 valence electrons. The van der Waals surface area contributed by atoms with E-state index in [1.54, 1.807) is 34.6 Å². The molecule has 0 unspecified atom stereocenters. The maximum absolute atomic E-state index is 12.8. The van der Waals surface area contributed by atoms with Crippen molar-refractivity contribution in [3.8, 4) is 0 Å². The molecule has 4 rings (SSSR count). The van der Waals surface area contributed by atoms with E-state index in [0.717, 1.165) is 11.3 Å². The molecule has 3 aromatic rings. The van der Waals surface area contributed by atoms with Crippen LogP contribution in [0.3, 0.4) is 0 Å². The fourth-order valence-corrected chi connectivity index (χ4v) is 5.11. The lowest BCUT2D eigenvalue weighted by atomic mass is 10.1. The molecular weight excluding hydrogens is 410 g/mol. The number of nitrogens with one attached hydrogen (secondary N) is 1. The van der Waals surface area contributed by atoms with Crippen LogP contribution in [0.5, 0.6) is 0 Å². The minimum atomic E-state index is -3.45. The quantitative estimate of drug-likeness (QED) is 0.644. The topological polar surface area (TPSA) is 69.7 Å². The largest absolute Gasteiger partial charge is 0.322 e. The molecule has 0 aliphatic carbocycles. The Balaban J connectivity index is 1.36. The Morgan fingerprint density at radius 1 is 0.806 bits per heavy atom. The van der Waals surface area contributed by atoms with Crippen molar-refractivity contribution >= 4 is 21.6 Å². The van der Waals surface area contributed by atoms with Gasteiger partial charge in [-0.3, -0.25) is 9.69 Å². The highest BCUT2D eigenvalue weighted by Gasteiger charge is 2.28. The first-order valence-corrected chi connectivity index (χ1v) is 11.7. The van der Waals surface area contributed by atoms with Crippen molar-refractivity contribution in [1.82, 2.24) is 9.21 Å². The third-order valence-corrected chi connectivity index (χ3v) is 7.25. The van der Waals surface area contributed by atoms with Gasteiger partial charge in [0.25, 0.3) is 5.91 Å². The molecule has 1 aliphatic rings. The van der Waals surface area contributed by atoms with Gasteiger partial charge in [-0.05, 0) is 42.0 Å². The number of nitrogens with zero attached hydrogens (tertiary/aromatic N) is 2. The van der Waals surface area contributed by atoms with Gasteiger partial charge < -0.3 is 5.32 Å². The zero-order valence-corrected chi connectivity index (χ0v) is 18.0. The smallest absolute Gasteiger partial charge is 0.255 e. The van der Waals surface area contributed by atoms with E-state index < -0.39 is 10.0 Å². The molecule has 0 bridgehead atoms. The summed E-state index contributed by atoms with van der Waals surface area (Å²) < 4.78 is 27.1. The van der Waals surface area contributed by atoms with E-state index in [0.29, 0.717) is 43.2 Å². The van der Waals surface area contributed by atoms with Crippen LogP contribution in [0.2, 0.25) is 0 Å². The van der Waals surface area contributed by atoms with Gasteiger partial charge in [0.15, 0.2) is 0 Å². The standard InChI is InChI=1S/C24H25N3O3S/c28-24(25-22-10-3-1-4-11-22)21-9-7-8-20(18-21)19-26-14-16-27(17-15-26)31(29,30)23-12-5-2-6-13-23/h1-13,18H,14-17,19H2,(H,25,28). The minimum absolute atomic E-state index is 0.146. The Morgan fingerprint density at radius 2 is 1.45 bits per heavy atom. The van der Waals surface area contributed by atoms with Crippen molar-refractivity contribution in [3.63, 3.8) is 0 Å². The molecule has 3 aromatic carbocycles. The van der Waals surface area contributed by atoms with Crippen molar-refractivity contribution in [1.29, 1.82) is 0 Å². The number of benzene rings is 3. The molecule has 1 fully saturated rings. The maximum Gasteiger partial charge on any atom is 0.255 e. The summed E-state index contributed by atoms with van der Waals surface area (Å²) >= 11 is 0. The van der Waals surface area contributed by atoms with Crippen molar-refractivity contribution in [2.75, 3.05) is 31.5 Å². The first-order valence-electron chi connectivity index (χ1n) is 10.3. The Bertz CT molecular complexity index is 1130. The molecule has 6 nitrogen and oxygen atoms in total. The molecule has 0 atom stereocenters. The predicted molar refractivity (Wildman–Crippen MR) is 121 cm³/mol. The number of sulfonamides is 1. The first kappa shape index (κ1) is 21.2. The summed E-state index contributed by atoms with van der Waals surface area (Å²) in [5.41, 5.74) is 2.39. The number of amides is 1. The van der Waals surface area contributed by atoms with Crippen LogP contribution in [-0.4, -0.2) is 49.7 Å². The number of hydrogen-bond acceptors (Lipinski definition) is 4. The Morgan fingerprint density at radius 3 is 2.13 bits per heavy atom. The zero-order valence-electron chi connectivity index (χ0n) is 17.1. The van der Waals surface area contributed by atoms with Crippen LogP contribution in [-0.2, 0) is 16.6 Å². The number of anilines is 1. The molecule has 0 spiro atoms. The molecule has 1 N–H and O–H groups in total. The van der Waals surface area contributed by atoms with Gasteiger partial charge in [0, 0.05) is 44.0 Å². The van der Waals surface area contributed by atoms with E-state index >= 15 is 0 Å². The van der Waals surface area contributed by atoms with E-state index in [-0.39, 0.29) is 5.91 Å². The molecule has 0 aromatic heterocycles. The first-order chi connectivity index (χ1) is 15.0. The molecule has 31 heavy (non-hydrogen) atoms. The normalized spacial score (nSPS) is 15.5. The highest BCUT2D eigenvalue weighted by molar-refractivity contribution is 7.89. The van der Waals surface area contributed by atoms with Crippen molar-refractivity contribution in [2.24, 2.45) is 0 Å². The Labute approximate surface area is 183 Å². The molecule has 1 heterocycles. The Kier molecular flexibility index (Phi) is 6.46. The van der Waals surface area contributed by atoms with Crippen LogP contribution in [0, 0.1) is 0 Å². The third-order valence-electron chi connectivity index (χ3n) is 5.34. The van der Waals surface area contributed by atoms with E-state index in [1.165, 1.54) is 0 Å². The number of rotatable bonds is 6. The lowest BCUT2D eigenvalue weighted by molar-refractivity contribution is 0.102. The number of para-hydroxylation sites is 1. The van der Waals surface area contributed by atoms with Gasteiger partial charge in [0.05, 0.1) is 4.90 Å². The molecule has 0 saturated carbocycles. The van der Waals surface area contributed by atoms with Crippen LogP contribution >= 0.6 is 0 Å². The molecule has 1 aliphatic heterocycles. The van der Waals surface area contributed by atoms with Crippen molar-refractivity contribution in [2.45, 2.75) is 11.4 Å². The third kappa shape index (κ3) is 5.19. The van der Waals surface area contributed by atoms with Gasteiger partial charge in [-0.25, -0.2) is 8.42 Å². The van der Waals surface area contributed by atoms with Gasteiger partial charge in [-0.15, -0.1) is 0 Å². The van der Waals surface area contributed by atoms with Gasteiger partial charge in [-0.1, -0.05) is 48.5 Å². The highest BCUT2D eigenvalue weighted by atomic mass is 32.2. The van der Waals surface area contributed by atoms with Crippen LogP contribution in [0.1, 0.15) is 15.9 Å². The summed E-state index contributed by atoms with van der Waals surface area (Å²) in [4.78, 5) is 15.1. The van der Waals surface area contributed by atoms with Gasteiger partial charge in [-0.2, -0.15) is 4.31 Å². The fourth-order valence-electron chi connectivity index (χ4n) is 3.66. The average molecular weight is 436 g/mol. The van der Waals surface area contributed by atoms with Gasteiger partial charge >= 0.3 is 0 Å². The minimum Gasteiger partial charge on any atom is -0.322 e. The lowest BCUT2D eigenvalue weighted by Gasteiger charge is -2.34. The van der Waals surface area contributed by atoms with Gasteiger partial charge in [0.1, 0.15) is 0 Å².